The molecule has 0 aromatic heterocycles. The molecule has 1 heterocycles. The number of hydrogen-bond acceptors (Lipinski definition) is 1. The molecule has 88 valence electrons. The highest BCUT2D eigenvalue weighted by Crippen LogP contribution is 2.39. The Labute approximate surface area is 93.0 Å². The largest absolute Gasteiger partial charge is 0.303 e. The molecule has 2 fully saturated rings. The molecule has 0 atom stereocenters. The van der Waals surface area contributed by atoms with E-state index in [1.165, 1.54) is 19.4 Å². The van der Waals surface area contributed by atoms with E-state index < -0.39 is 6.17 Å². The Balaban J connectivity index is 1.63. The lowest BCUT2D eigenvalue weighted by atomic mass is 9.69. The topological polar surface area (TPSA) is 3.24 Å². The van der Waals surface area contributed by atoms with Crippen LogP contribution in [-0.2, 0) is 0 Å². The van der Waals surface area contributed by atoms with Crippen molar-refractivity contribution in [2.24, 2.45) is 17.8 Å². The van der Waals surface area contributed by atoms with Crippen molar-refractivity contribution < 1.29 is 4.39 Å². The summed E-state index contributed by atoms with van der Waals surface area (Å²) in [6.45, 7) is 7.87. The molecular formula is C13H24FN. The summed E-state index contributed by atoms with van der Waals surface area (Å²) in [6.07, 6.45) is 3.83. The summed E-state index contributed by atoms with van der Waals surface area (Å²) < 4.78 is 12.9. The van der Waals surface area contributed by atoms with Gasteiger partial charge >= 0.3 is 0 Å². The van der Waals surface area contributed by atoms with Crippen LogP contribution in [0.1, 0.15) is 39.5 Å². The lowest BCUT2D eigenvalue weighted by molar-refractivity contribution is 0.0709. The quantitative estimate of drug-likeness (QED) is 0.696. The highest BCUT2D eigenvalue weighted by molar-refractivity contribution is 4.84. The van der Waals surface area contributed by atoms with Crippen molar-refractivity contribution in [3.8, 4) is 0 Å². The molecule has 1 nitrogen and oxygen atoms in total. The fraction of sp³-hybridized carbons (Fsp3) is 1.00. The molecule has 1 aliphatic carbocycles. The highest BCUT2D eigenvalue weighted by atomic mass is 19.1. The fourth-order valence-corrected chi connectivity index (χ4v) is 2.93. The van der Waals surface area contributed by atoms with E-state index in [0.29, 0.717) is 0 Å². The summed E-state index contributed by atoms with van der Waals surface area (Å²) in [6, 6.07) is 0. The molecule has 0 amide bonds. The normalized spacial score (nSPS) is 34.4. The lowest BCUT2D eigenvalue weighted by Crippen LogP contribution is -2.42. The van der Waals surface area contributed by atoms with Crippen molar-refractivity contribution in [2.75, 3.05) is 19.6 Å². The second-order valence-corrected chi connectivity index (χ2v) is 5.82. The number of alkyl halides is 1. The van der Waals surface area contributed by atoms with Crippen LogP contribution in [0.15, 0.2) is 0 Å². The first-order valence-electron chi connectivity index (χ1n) is 6.51. The molecule has 0 aromatic rings. The molecule has 1 saturated heterocycles. The minimum absolute atomic E-state index is 0.522. The van der Waals surface area contributed by atoms with Crippen LogP contribution in [0, 0.1) is 17.8 Å². The minimum atomic E-state index is -0.522. The molecule has 2 heteroatoms. The number of halogens is 1. The molecule has 0 aromatic carbocycles. The van der Waals surface area contributed by atoms with Gasteiger partial charge in [-0.25, -0.2) is 4.39 Å². The standard InChI is InChI=1S/C13H24FN/c1-10(2)12-7-11(8-12)9-15-5-3-13(14)4-6-15/h10-13H,3-9H2,1-2H3/t11-,12+. The van der Waals surface area contributed by atoms with Gasteiger partial charge in [-0.1, -0.05) is 13.8 Å². The van der Waals surface area contributed by atoms with Crippen LogP contribution in [0.5, 0.6) is 0 Å². The van der Waals surface area contributed by atoms with Gasteiger partial charge in [0.25, 0.3) is 0 Å². The van der Waals surface area contributed by atoms with Crippen LogP contribution >= 0.6 is 0 Å². The zero-order valence-corrected chi connectivity index (χ0v) is 10.1. The fourth-order valence-electron chi connectivity index (χ4n) is 2.93. The minimum Gasteiger partial charge on any atom is -0.303 e. The van der Waals surface area contributed by atoms with Gasteiger partial charge in [-0.2, -0.15) is 0 Å². The number of likely N-dealkylation sites (tertiary alicyclic amines) is 1. The molecule has 0 N–H and O–H groups in total. The van der Waals surface area contributed by atoms with Crippen LogP contribution < -0.4 is 0 Å². The predicted molar refractivity (Wildman–Crippen MR) is 61.6 cm³/mol. The predicted octanol–water partition coefficient (Wildman–Crippen LogP) is 3.10. The van der Waals surface area contributed by atoms with Crippen molar-refractivity contribution >= 4 is 0 Å². The Morgan fingerprint density at radius 2 is 1.80 bits per heavy atom. The Morgan fingerprint density at radius 3 is 2.33 bits per heavy atom. The molecule has 0 bridgehead atoms. The Kier molecular flexibility index (Phi) is 3.65. The van der Waals surface area contributed by atoms with Gasteiger partial charge in [-0.3, -0.25) is 0 Å². The van der Waals surface area contributed by atoms with E-state index in [2.05, 4.69) is 18.7 Å². The maximum atomic E-state index is 12.9. The second kappa shape index (κ2) is 4.82. The smallest absolute Gasteiger partial charge is 0.103 e. The van der Waals surface area contributed by atoms with Crippen LogP contribution in [0.4, 0.5) is 4.39 Å². The van der Waals surface area contributed by atoms with Crippen molar-refractivity contribution in [1.29, 1.82) is 0 Å². The van der Waals surface area contributed by atoms with Gasteiger partial charge in [-0.15, -0.1) is 0 Å². The van der Waals surface area contributed by atoms with E-state index in [-0.39, 0.29) is 0 Å². The van der Waals surface area contributed by atoms with E-state index in [1.807, 2.05) is 0 Å². The van der Waals surface area contributed by atoms with Crippen molar-refractivity contribution in [3.63, 3.8) is 0 Å². The number of piperidine rings is 1. The number of hydrogen-bond donors (Lipinski definition) is 0. The molecule has 0 unspecified atom stereocenters. The summed E-state index contributed by atoms with van der Waals surface area (Å²) in [5, 5.41) is 0. The molecule has 0 spiro atoms. The molecule has 2 aliphatic rings. The van der Waals surface area contributed by atoms with Gasteiger partial charge in [0.15, 0.2) is 0 Å². The Morgan fingerprint density at radius 1 is 1.20 bits per heavy atom. The van der Waals surface area contributed by atoms with Crippen LogP contribution in [0.25, 0.3) is 0 Å². The SMILES string of the molecule is CC(C)[C@H]1C[C@@H](CN2CCC(F)CC2)C1. The molecule has 2 rings (SSSR count). The highest BCUT2D eigenvalue weighted by Gasteiger charge is 2.32. The average Bonchev–Trinajstić information content (AvgIpc) is 2.13. The zero-order chi connectivity index (χ0) is 10.8. The van der Waals surface area contributed by atoms with E-state index in [4.69, 9.17) is 0 Å². The molecular weight excluding hydrogens is 189 g/mol. The van der Waals surface area contributed by atoms with E-state index in [9.17, 15) is 4.39 Å². The summed E-state index contributed by atoms with van der Waals surface area (Å²) in [5.41, 5.74) is 0. The zero-order valence-electron chi connectivity index (χ0n) is 10.1. The van der Waals surface area contributed by atoms with Gasteiger partial charge in [0.05, 0.1) is 0 Å². The third-order valence-corrected chi connectivity index (χ3v) is 4.25. The van der Waals surface area contributed by atoms with Gasteiger partial charge in [0.1, 0.15) is 6.17 Å². The van der Waals surface area contributed by atoms with Gasteiger partial charge < -0.3 is 4.90 Å². The summed E-state index contributed by atoms with van der Waals surface area (Å²) >= 11 is 0. The van der Waals surface area contributed by atoms with Gasteiger partial charge in [0, 0.05) is 19.6 Å². The van der Waals surface area contributed by atoms with E-state index in [0.717, 1.165) is 43.7 Å². The van der Waals surface area contributed by atoms with Crippen LogP contribution in [0.2, 0.25) is 0 Å². The average molecular weight is 213 g/mol. The number of nitrogens with zero attached hydrogens (tertiary/aromatic N) is 1. The van der Waals surface area contributed by atoms with Crippen LogP contribution in [-0.4, -0.2) is 30.7 Å². The third-order valence-electron chi connectivity index (χ3n) is 4.25. The van der Waals surface area contributed by atoms with Gasteiger partial charge in [-0.05, 0) is 43.4 Å². The first-order chi connectivity index (χ1) is 7.15. The first kappa shape index (κ1) is 11.4. The molecule has 15 heavy (non-hydrogen) atoms. The summed E-state index contributed by atoms with van der Waals surface area (Å²) in [4.78, 5) is 2.47. The Hall–Kier alpha value is -0.110. The molecule has 1 saturated carbocycles. The van der Waals surface area contributed by atoms with Crippen molar-refractivity contribution in [2.45, 2.75) is 45.7 Å². The van der Waals surface area contributed by atoms with Crippen molar-refractivity contribution in [3.05, 3.63) is 0 Å². The second-order valence-electron chi connectivity index (χ2n) is 5.82. The molecule has 0 radical (unpaired) electrons. The maximum absolute atomic E-state index is 12.9. The Bertz CT molecular complexity index is 191. The molecule has 1 aliphatic heterocycles. The van der Waals surface area contributed by atoms with Crippen molar-refractivity contribution in [1.82, 2.24) is 4.90 Å². The maximum Gasteiger partial charge on any atom is 0.103 e. The van der Waals surface area contributed by atoms with Crippen LogP contribution in [0.3, 0.4) is 0 Å². The lowest BCUT2D eigenvalue weighted by Gasteiger charge is -2.41. The summed E-state index contributed by atoms with van der Waals surface area (Å²) in [5.74, 6) is 2.74. The third kappa shape index (κ3) is 2.93. The monoisotopic (exact) mass is 213 g/mol. The number of rotatable bonds is 3. The van der Waals surface area contributed by atoms with E-state index >= 15 is 0 Å². The first-order valence-corrected chi connectivity index (χ1v) is 6.51. The van der Waals surface area contributed by atoms with Gasteiger partial charge in [0.2, 0.25) is 0 Å². The summed E-state index contributed by atoms with van der Waals surface area (Å²) in [7, 11) is 0. The van der Waals surface area contributed by atoms with E-state index in [1.54, 1.807) is 0 Å².